The van der Waals surface area contributed by atoms with Crippen LogP contribution < -0.4 is 11.1 Å². The molecule has 24 heavy (non-hydrogen) atoms. The number of rotatable bonds is 4. The van der Waals surface area contributed by atoms with Gasteiger partial charge in [-0.2, -0.15) is 4.68 Å². The number of nitrogens with zero attached hydrogens (tertiary/aromatic N) is 2. The van der Waals surface area contributed by atoms with Gasteiger partial charge in [-0.3, -0.25) is 4.79 Å². The number of nitrogens with one attached hydrogen (secondary N) is 1. The number of carbonyl (C=O) groups is 1. The molecule has 2 heterocycles. The quantitative estimate of drug-likeness (QED) is 0.791. The van der Waals surface area contributed by atoms with E-state index in [0.717, 1.165) is 22.9 Å². The van der Waals surface area contributed by atoms with Crippen molar-refractivity contribution in [3.05, 3.63) is 58.8 Å². The Morgan fingerprint density at radius 1 is 1.33 bits per heavy atom. The highest BCUT2D eigenvalue weighted by Gasteiger charge is 2.23. The lowest BCUT2D eigenvalue weighted by Gasteiger charge is -2.11. The third kappa shape index (κ3) is 2.96. The molecule has 0 fully saturated rings. The average Bonchev–Trinajstić information content (AvgIpc) is 3.19. The van der Waals surface area contributed by atoms with Crippen LogP contribution in [0.15, 0.2) is 50.2 Å². The van der Waals surface area contributed by atoms with Gasteiger partial charge in [0.05, 0.1) is 12.0 Å². The minimum atomic E-state index is -1.12. The molecule has 0 aliphatic carbocycles. The molecule has 7 nitrogen and oxygen atoms in total. The van der Waals surface area contributed by atoms with Crippen LogP contribution in [0, 0.1) is 11.6 Å². The summed E-state index contributed by atoms with van der Waals surface area (Å²) in [5.74, 6) is -3.04. The van der Waals surface area contributed by atoms with E-state index in [1.165, 1.54) is 19.3 Å². The largest absolute Gasteiger partial charge is 0.459 e. The maximum atomic E-state index is 13.6. The van der Waals surface area contributed by atoms with E-state index in [4.69, 9.17) is 8.83 Å². The number of aromatic nitrogens is 2. The van der Waals surface area contributed by atoms with Crippen LogP contribution in [-0.2, 0) is 4.79 Å². The monoisotopic (exact) mass is 335 g/mol. The zero-order chi connectivity index (χ0) is 17.3. The maximum absolute atomic E-state index is 13.6. The van der Waals surface area contributed by atoms with Crippen molar-refractivity contribution in [2.75, 3.05) is 5.32 Å². The highest BCUT2D eigenvalue weighted by atomic mass is 19.1. The van der Waals surface area contributed by atoms with Crippen molar-refractivity contribution in [3.8, 4) is 11.7 Å². The van der Waals surface area contributed by atoms with Crippen molar-refractivity contribution in [1.29, 1.82) is 0 Å². The van der Waals surface area contributed by atoms with Crippen molar-refractivity contribution in [3.63, 3.8) is 0 Å². The minimum Gasteiger partial charge on any atom is -0.459 e. The van der Waals surface area contributed by atoms with Gasteiger partial charge >= 0.3 is 5.76 Å². The smallest absolute Gasteiger partial charge is 0.438 e. The second-order valence-corrected chi connectivity index (χ2v) is 4.88. The van der Waals surface area contributed by atoms with Crippen molar-refractivity contribution < 1.29 is 22.4 Å². The van der Waals surface area contributed by atoms with E-state index in [0.29, 0.717) is 0 Å². The van der Waals surface area contributed by atoms with Gasteiger partial charge in [0.1, 0.15) is 17.7 Å². The summed E-state index contributed by atoms with van der Waals surface area (Å²) in [5.41, 5.74) is -0.338. The molecule has 1 N–H and O–H groups in total. The van der Waals surface area contributed by atoms with Gasteiger partial charge in [-0.25, -0.2) is 13.6 Å². The second kappa shape index (κ2) is 6.11. The Kier molecular flexibility index (Phi) is 3.98. The van der Waals surface area contributed by atoms with Crippen molar-refractivity contribution >= 4 is 11.6 Å². The van der Waals surface area contributed by atoms with Gasteiger partial charge in [-0.1, -0.05) is 0 Å². The summed E-state index contributed by atoms with van der Waals surface area (Å²) in [6.07, 6.45) is 1.37. The Hall–Kier alpha value is -3.23. The molecule has 3 aromatic rings. The fourth-order valence-electron chi connectivity index (χ4n) is 1.97. The summed E-state index contributed by atoms with van der Waals surface area (Å²) in [7, 11) is 0. The number of benzene rings is 1. The Labute approximate surface area is 133 Å². The lowest BCUT2D eigenvalue weighted by molar-refractivity contribution is -0.119. The third-order valence-corrected chi connectivity index (χ3v) is 3.23. The van der Waals surface area contributed by atoms with E-state index in [1.807, 2.05) is 0 Å². The Bertz CT molecular complexity index is 931. The van der Waals surface area contributed by atoms with E-state index in [2.05, 4.69) is 10.4 Å². The molecule has 0 bridgehead atoms. The molecular weight excluding hydrogens is 324 g/mol. The minimum absolute atomic E-state index is 0.0958. The van der Waals surface area contributed by atoms with Crippen LogP contribution in [0.1, 0.15) is 13.0 Å². The lowest BCUT2D eigenvalue weighted by Crippen LogP contribution is -2.30. The van der Waals surface area contributed by atoms with Gasteiger partial charge in [-0.05, 0) is 31.2 Å². The molecule has 3 rings (SSSR count). The first-order valence-electron chi connectivity index (χ1n) is 6.85. The van der Waals surface area contributed by atoms with Crippen molar-refractivity contribution in [1.82, 2.24) is 9.78 Å². The molecule has 1 amide bonds. The van der Waals surface area contributed by atoms with E-state index < -0.39 is 29.3 Å². The standard InChI is InChI=1S/C15H11F2N3O4/c1-8(13(21)18-11-7-9(16)4-5-10(11)17)20-15(22)24-14(19-20)12-3-2-6-23-12/h2-8H,1H3,(H,18,21)/t8-/m1/s1. The fraction of sp³-hybridized carbons (Fsp3) is 0.133. The zero-order valence-corrected chi connectivity index (χ0v) is 12.3. The average molecular weight is 335 g/mol. The predicted molar refractivity (Wildman–Crippen MR) is 78.2 cm³/mol. The van der Waals surface area contributed by atoms with Gasteiger partial charge in [0.15, 0.2) is 5.76 Å². The predicted octanol–water partition coefficient (Wildman–Crippen LogP) is 2.57. The molecule has 9 heteroatoms. The van der Waals surface area contributed by atoms with Gasteiger partial charge in [-0.15, -0.1) is 5.10 Å². The Balaban J connectivity index is 1.84. The maximum Gasteiger partial charge on any atom is 0.438 e. The molecule has 124 valence electrons. The van der Waals surface area contributed by atoms with Gasteiger partial charge in [0.25, 0.3) is 5.89 Å². The van der Waals surface area contributed by atoms with Crippen LogP contribution in [0.5, 0.6) is 0 Å². The van der Waals surface area contributed by atoms with Gasteiger partial charge in [0.2, 0.25) is 5.91 Å². The molecule has 0 aliphatic heterocycles. The zero-order valence-electron chi connectivity index (χ0n) is 12.3. The molecule has 0 unspecified atom stereocenters. The Morgan fingerprint density at radius 3 is 2.83 bits per heavy atom. The first-order valence-corrected chi connectivity index (χ1v) is 6.85. The topological polar surface area (TPSA) is 90.3 Å². The Morgan fingerprint density at radius 2 is 2.12 bits per heavy atom. The second-order valence-electron chi connectivity index (χ2n) is 4.88. The van der Waals surface area contributed by atoms with Crippen LogP contribution >= 0.6 is 0 Å². The van der Waals surface area contributed by atoms with Crippen molar-refractivity contribution in [2.45, 2.75) is 13.0 Å². The van der Waals surface area contributed by atoms with Crippen LogP contribution in [0.25, 0.3) is 11.7 Å². The molecule has 0 radical (unpaired) electrons. The molecule has 1 atom stereocenters. The summed E-state index contributed by atoms with van der Waals surface area (Å²) in [4.78, 5) is 24.0. The molecular formula is C15H11F2N3O4. The van der Waals surface area contributed by atoms with Crippen LogP contribution in [0.4, 0.5) is 14.5 Å². The molecule has 0 aliphatic rings. The number of anilines is 1. The lowest BCUT2D eigenvalue weighted by atomic mass is 10.2. The first kappa shape index (κ1) is 15.7. The van der Waals surface area contributed by atoms with Crippen LogP contribution in [0.3, 0.4) is 0 Å². The summed E-state index contributed by atoms with van der Waals surface area (Å²) in [5, 5.41) is 6.07. The number of carbonyl (C=O) groups excluding carboxylic acids is 1. The summed E-state index contributed by atoms with van der Waals surface area (Å²) >= 11 is 0. The highest BCUT2D eigenvalue weighted by molar-refractivity contribution is 5.93. The van der Waals surface area contributed by atoms with E-state index in [1.54, 1.807) is 6.07 Å². The fourth-order valence-corrected chi connectivity index (χ4v) is 1.97. The normalized spacial score (nSPS) is 12.1. The van der Waals surface area contributed by atoms with E-state index in [-0.39, 0.29) is 17.3 Å². The van der Waals surface area contributed by atoms with Gasteiger partial charge < -0.3 is 14.2 Å². The molecule has 2 aromatic heterocycles. The van der Waals surface area contributed by atoms with E-state index in [9.17, 15) is 18.4 Å². The number of hydrogen-bond donors (Lipinski definition) is 1. The number of amides is 1. The third-order valence-electron chi connectivity index (χ3n) is 3.23. The van der Waals surface area contributed by atoms with Crippen LogP contribution in [0.2, 0.25) is 0 Å². The first-order chi connectivity index (χ1) is 11.5. The molecule has 0 saturated carbocycles. The summed E-state index contributed by atoms with van der Waals surface area (Å²) in [6.45, 7) is 1.36. The van der Waals surface area contributed by atoms with E-state index >= 15 is 0 Å². The molecule has 1 aromatic carbocycles. The van der Waals surface area contributed by atoms with Crippen LogP contribution in [-0.4, -0.2) is 15.7 Å². The number of hydrogen-bond acceptors (Lipinski definition) is 5. The number of halogens is 2. The summed E-state index contributed by atoms with van der Waals surface area (Å²) < 4.78 is 37.5. The summed E-state index contributed by atoms with van der Waals surface area (Å²) in [6, 6.07) is 4.63. The molecule has 0 spiro atoms. The molecule has 0 saturated heterocycles. The van der Waals surface area contributed by atoms with Crippen molar-refractivity contribution in [2.24, 2.45) is 0 Å². The SMILES string of the molecule is C[C@H](C(=O)Nc1cc(F)ccc1F)n1nc(-c2ccco2)oc1=O. The number of furan rings is 1. The highest BCUT2D eigenvalue weighted by Crippen LogP contribution is 2.19. The van der Waals surface area contributed by atoms with Gasteiger partial charge in [0, 0.05) is 6.07 Å².